The van der Waals surface area contributed by atoms with Gasteiger partial charge in [0, 0.05) is 12.6 Å². The monoisotopic (exact) mass is 277 g/mol. The van der Waals surface area contributed by atoms with Crippen molar-refractivity contribution in [2.24, 2.45) is 5.41 Å². The lowest BCUT2D eigenvalue weighted by Gasteiger charge is -2.27. The minimum Gasteiger partial charge on any atom is -0.481 e. The third-order valence-electron chi connectivity index (χ3n) is 5.14. The minimum absolute atomic E-state index is 0.121. The van der Waals surface area contributed by atoms with E-state index in [1.807, 2.05) is 13.0 Å². The van der Waals surface area contributed by atoms with Gasteiger partial charge in [0.1, 0.15) is 5.82 Å². The molecule has 2 atom stereocenters. The molecule has 108 valence electrons. The minimum atomic E-state index is -0.694. The molecule has 2 aliphatic rings. The fourth-order valence-electron chi connectivity index (χ4n) is 3.75. The van der Waals surface area contributed by atoms with Crippen LogP contribution in [0.15, 0.2) is 18.2 Å². The molecule has 3 nitrogen and oxygen atoms in total. The number of rotatable bonds is 3. The number of likely N-dealkylation sites (tertiary alicyclic amines) is 1. The highest BCUT2D eigenvalue weighted by Crippen LogP contribution is 2.43. The van der Waals surface area contributed by atoms with Crippen LogP contribution in [0.3, 0.4) is 0 Å². The van der Waals surface area contributed by atoms with Gasteiger partial charge in [-0.1, -0.05) is 19.1 Å². The highest BCUT2D eigenvalue weighted by atomic mass is 19.1. The first kappa shape index (κ1) is 13.6. The van der Waals surface area contributed by atoms with Crippen molar-refractivity contribution in [2.45, 2.75) is 38.6 Å². The lowest BCUT2D eigenvalue weighted by molar-refractivity contribution is -0.148. The number of halogens is 1. The van der Waals surface area contributed by atoms with Crippen molar-refractivity contribution in [3.63, 3.8) is 0 Å². The summed E-state index contributed by atoms with van der Waals surface area (Å²) in [5.74, 6) is -0.816. The molecule has 0 bridgehead atoms. The van der Waals surface area contributed by atoms with Crippen LogP contribution in [0, 0.1) is 11.2 Å². The third-order valence-corrected chi connectivity index (χ3v) is 5.14. The molecule has 1 aromatic carbocycles. The Kier molecular flexibility index (Phi) is 3.28. The van der Waals surface area contributed by atoms with Crippen LogP contribution >= 0.6 is 0 Å². The second-order valence-electron chi connectivity index (χ2n) is 6.02. The Bertz CT molecular complexity index is 545. The van der Waals surface area contributed by atoms with Crippen LogP contribution < -0.4 is 0 Å². The largest absolute Gasteiger partial charge is 0.481 e. The molecule has 1 aromatic rings. The summed E-state index contributed by atoms with van der Waals surface area (Å²) in [6.07, 6.45) is 3.01. The lowest BCUT2D eigenvalue weighted by Crippen LogP contribution is -2.35. The van der Waals surface area contributed by atoms with Gasteiger partial charge in [-0.2, -0.15) is 0 Å². The molecular formula is C16H20FNO2. The Morgan fingerprint density at radius 3 is 3.00 bits per heavy atom. The number of hydrogen-bond donors (Lipinski definition) is 1. The molecule has 1 aliphatic heterocycles. The summed E-state index contributed by atoms with van der Waals surface area (Å²) in [7, 11) is 0. The predicted octanol–water partition coefficient (Wildman–Crippen LogP) is 3.00. The number of carbonyl (C=O) groups is 1. The quantitative estimate of drug-likeness (QED) is 0.923. The maximum Gasteiger partial charge on any atom is 0.310 e. The molecule has 0 spiro atoms. The summed E-state index contributed by atoms with van der Waals surface area (Å²) < 4.78 is 13.8. The van der Waals surface area contributed by atoms with Crippen molar-refractivity contribution in [3.8, 4) is 0 Å². The highest BCUT2D eigenvalue weighted by Gasteiger charge is 2.46. The van der Waals surface area contributed by atoms with E-state index in [1.165, 1.54) is 6.07 Å². The molecule has 20 heavy (non-hydrogen) atoms. The summed E-state index contributed by atoms with van der Waals surface area (Å²) in [6, 6.07) is 5.45. The number of benzene rings is 1. The zero-order valence-corrected chi connectivity index (χ0v) is 11.7. The molecule has 4 heteroatoms. The van der Waals surface area contributed by atoms with E-state index >= 15 is 0 Å². The first-order chi connectivity index (χ1) is 9.57. The number of carboxylic acids is 1. The van der Waals surface area contributed by atoms with E-state index in [0.29, 0.717) is 19.4 Å². The van der Waals surface area contributed by atoms with Crippen molar-refractivity contribution in [1.29, 1.82) is 0 Å². The van der Waals surface area contributed by atoms with E-state index in [0.717, 1.165) is 30.5 Å². The fourth-order valence-corrected chi connectivity index (χ4v) is 3.75. The molecule has 1 fully saturated rings. The molecule has 1 heterocycles. The number of nitrogens with zero attached hydrogens (tertiary/aromatic N) is 1. The normalized spacial score (nSPS) is 29.6. The molecule has 0 saturated carbocycles. The molecule has 1 N–H and O–H groups in total. The molecule has 1 aliphatic carbocycles. The van der Waals surface area contributed by atoms with Crippen molar-refractivity contribution >= 4 is 5.97 Å². The van der Waals surface area contributed by atoms with E-state index in [1.54, 1.807) is 6.07 Å². The van der Waals surface area contributed by atoms with E-state index in [9.17, 15) is 14.3 Å². The van der Waals surface area contributed by atoms with Crippen LogP contribution in [0.4, 0.5) is 4.39 Å². The number of fused-ring (bicyclic) bond motifs is 1. The first-order valence-electron chi connectivity index (χ1n) is 7.32. The Balaban J connectivity index is 1.84. The van der Waals surface area contributed by atoms with E-state index < -0.39 is 11.4 Å². The summed E-state index contributed by atoms with van der Waals surface area (Å²) in [4.78, 5) is 13.8. The van der Waals surface area contributed by atoms with Gasteiger partial charge in [0.15, 0.2) is 0 Å². The molecule has 1 saturated heterocycles. The van der Waals surface area contributed by atoms with E-state index in [4.69, 9.17) is 0 Å². The van der Waals surface area contributed by atoms with Crippen molar-refractivity contribution in [3.05, 3.63) is 35.1 Å². The molecule has 2 unspecified atom stereocenters. The predicted molar refractivity (Wildman–Crippen MR) is 74.0 cm³/mol. The van der Waals surface area contributed by atoms with Crippen LogP contribution in [0.1, 0.15) is 43.4 Å². The third kappa shape index (κ3) is 1.94. The van der Waals surface area contributed by atoms with Crippen LogP contribution in [0.5, 0.6) is 0 Å². The molecule has 3 rings (SSSR count). The number of aliphatic carboxylic acids is 1. The van der Waals surface area contributed by atoms with Crippen molar-refractivity contribution < 1.29 is 14.3 Å². The van der Waals surface area contributed by atoms with Gasteiger partial charge in [-0.15, -0.1) is 0 Å². The maximum atomic E-state index is 13.8. The zero-order valence-electron chi connectivity index (χ0n) is 11.7. The van der Waals surface area contributed by atoms with Gasteiger partial charge in [0.05, 0.1) is 5.41 Å². The lowest BCUT2D eigenvalue weighted by atomic mass is 9.84. The Morgan fingerprint density at radius 2 is 2.35 bits per heavy atom. The smallest absolute Gasteiger partial charge is 0.310 e. The summed E-state index contributed by atoms with van der Waals surface area (Å²) in [5.41, 5.74) is 1.26. The second kappa shape index (κ2) is 4.85. The SMILES string of the molecule is CCC1(C(=O)O)CCN(C2CCc3c(F)cccc32)C1. The van der Waals surface area contributed by atoms with Crippen LogP contribution in [0.2, 0.25) is 0 Å². The maximum absolute atomic E-state index is 13.8. The van der Waals surface area contributed by atoms with Gasteiger partial charge in [-0.25, -0.2) is 4.39 Å². The highest BCUT2D eigenvalue weighted by molar-refractivity contribution is 5.75. The molecule has 0 radical (unpaired) electrons. The van der Waals surface area contributed by atoms with Crippen molar-refractivity contribution in [2.75, 3.05) is 13.1 Å². The average molecular weight is 277 g/mol. The van der Waals surface area contributed by atoms with Gasteiger partial charge < -0.3 is 5.11 Å². The van der Waals surface area contributed by atoms with E-state index in [-0.39, 0.29) is 11.9 Å². The zero-order chi connectivity index (χ0) is 14.3. The van der Waals surface area contributed by atoms with Gasteiger partial charge in [-0.05, 0) is 49.4 Å². The standard InChI is InChI=1S/C16H20FNO2/c1-2-16(15(19)20)8-9-18(10-16)14-7-6-11-12(14)4-3-5-13(11)17/h3-5,14H,2,6-10H2,1H3,(H,19,20). The Labute approximate surface area is 118 Å². The number of carboxylic acid groups (broad SMARTS) is 1. The fraction of sp³-hybridized carbons (Fsp3) is 0.562. The van der Waals surface area contributed by atoms with Crippen LogP contribution in [-0.2, 0) is 11.2 Å². The van der Waals surface area contributed by atoms with Crippen LogP contribution in [0.25, 0.3) is 0 Å². The van der Waals surface area contributed by atoms with Gasteiger partial charge in [0.25, 0.3) is 0 Å². The number of hydrogen-bond acceptors (Lipinski definition) is 2. The molecular weight excluding hydrogens is 257 g/mol. The van der Waals surface area contributed by atoms with Crippen LogP contribution in [-0.4, -0.2) is 29.1 Å². The average Bonchev–Trinajstić information content (AvgIpc) is 3.03. The van der Waals surface area contributed by atoms with Gasteiger partial charge in [-0.3, -0.25) is 9.69 Å². The first-order valence-corrected chi connectivity index (χ1v) is 7.32. The second-order valence-corrected chi connectivity index (χ2v) is 6.02. The van der Waals surface area contributed by atoms with Crippen molar-refractivity contribution in [1.82, 2.24) is 4.90 Å². The van der Waals surface area contributed by atoms with E-state index in [2.05, 4.69) is 4.90 Å². The van der Waals surface area contributed by atoms with Gasteiger partial charge >= 0.3 is 5.97 Å². The Hall–Kier alpha value is -1.42. The topological polar surface area (TPSA) is 40.5 Å². The van der Waals surface area contributed by atoms with Gasteiger partial charge in [0.2, 0.25) is 0 Å². The molecule has 0 aromatic heterocycles. The molecule has 0 amide bonds. The Morgan fingerprint density at radius 1 is 1.55 bits per heavy atom. The summed E-state index contributed by atoms with van der Waals surface area (Å²) in [5, 5.41) is 9.48. The summed E-state index contributed by atoms with van der Waals surface area (Å²) >= 11 is 0. The summed E-state index contributed by atoms with van der Waals surface area (Å²) in [6.45, 7) is 3.32.